The van der Waals surface area contributed by atoms with Crippen LogP contribution in [0.5, 0.6) is 0 Å². The van der Waals surface area contributed by atoms with E-state index < -0.39 is 0 Å². The summed E-state index contributed by atoms with van der Waals surface area (Å²) in [7, 11) is 0. The van der Waals surface area contributed by atoms with Gasteiger partial charge >= 0.3 is 0 Å². The topological polar surface area (TPSA) is 13.1 Å². The van der Waals surface area contributed by atoms with E-state index in [0.717, 1.165) is 27.7 Å². The molecule has 0 amide bonds. The standard InChI is InChI=1S/C37H26O/c1-25-10-7-16-30(22-25)32-20-21-33(37-36(32)34-18-5-6-19-35(34)38-37)31-17-9-15-29(24-31)28-14-8-13-27(23-28)26-11-3-2-4-12-26/h2-24H,1H3. The molecule has 1 aromatic heterocycles. The van der Waals surface area contributed by atoms with Gasteiger partial charge in [0.05, 0.1) is 0 Å². The Morgan fingerprint density at radius 2 is 0.974 bits per heavy atom. The summed E-state index contributed by atoms with van der Waals surface area (Å²) in [6.45, 7) is 2.14. The van der Waals surface area contributed by atoms with Gasteiger partial charge in [-0.25, -0.2) is 0 Å². The maximum Gasteiger partial charge on any atom is 0.143 e. The molecule has 0 aliphatic heterocycles. The van der Waals surface area contributed by atoms with Crippen LogP contribution in [0.3, 0.4) is 0 Å². The summed E-state index contributed by atoms with van der Waals surface area (Å²) in [6, 6.07) is 49.6. The Balaban J connectivity index is 1.40. The van der Waals surface area contributed by atoms with E-state index in [1.807, 2.05) is 6.07 Å². The molecule has 180 valence electrons. The fraction of sp³-hybridized carbons (Fsp3) is 0.0270. The Morgan fingerprint density at radius 3 is 1.74 bits per heavy atom. The van der Waals surface area contributed by atoms with E-state index in [9.17, 15) is 0 Å². The largest absolute Gasteiger partial charge is 0.455 e. The Labute approximate surface area is 222 Å². The summed E-state index contributed by atoms with van der Waals surface area (Å²) in [4.78, 5) is 0. The normalized spacial score (nSPS) is 11.3. The lowest BCUT2D eigenvalue weighted by Gasteiger charge is -2.11. The number of rotatable bonds is 4. The number of benzene rings is 6. The summed E-state index contributed by atoms with van der Waals surface area (Å²) < 4.78 is 6.55. The Morgan fingerprint density at radius 1 is 0.421 bits per heavy atom. The van der Waals surface area contributed by atoms with E-state index >= 15 is 0 Å². The van der Waals surface area contributed by atoms with E-state index in [1.165, 1.54) is 44.3 Å². The van der Waals surface area contributed by atoms with Crippen LogP contribution in [0, 0.1) is 6.92 Å². The predicted octanol–water partition coefficient (Wildman–Crippen LogP) is 10.6. The molecule has 0 unspecified atom stereocenters. The Hall–Kier alpha value is -4.88. The van der Waals surface area contributed by atoms with Crippen LogP contribution in [0.4, 0.5) is 0 Å². The monoisotopic (exact) mass is 486 g/mol. The van der Waals surface area contributed by atoms with Crippen molar-refractivity contribution in [2.24, 2.45) is 0 Å². The first-order chi connectivity index (χ1) is 18.7. The molecule has 1 heteroatoms. The van der Waals surface area contributed by atoms with Crippen LogP contribution in [0.1, 0.15) is 5.56 Å². The van der Waals surface area contributed by atoms with Gasteiger partial charge in [-0.15, -0.1) is 0 Å². The van der Waals surface area contributed by atoms with Gasteiger partial charge in [0, 0.05) is 16.3 Å². The lowest BCUT2D eigenvalue weighted by atomic mass is 9.92. The van der Waals surface area contributed by atoms with Crippen LogP contribution in [-0.4, -0.2) is 0 Å². The number of aryl methyl sites for hydroxylation is 1. The lowest BCUT2D eigenvalue weighted by molar-refractivity contribution is 0.670. The van der Waals surface area contributed by atoms with E-state index in [0.29, 0.717) is 0 Å². The van der Waals surface area contributed by atoms with Crippen molar-refractivity contribution in [3.8, 4) is 44.5 Å². The van der Waals surface area contributed by atoms with Crippen LogP contribution in [-0.2, 0) is 0 Å². The Bertz CT molecular complexity index is 1920. The van der Waals surface area contributed by atoms with Gasteiger partial charge in [-0.3, -0.25) is 0 Å². The third-order valence-electron chi connectivity index (χ3n) is 7.33. The molecule has 38 heavy (non-hydrogen) atoms. The van der Waals surface area contributed by atoms with Crippen LogP contribution < -0.4 is 0 Å². The second kappa shape index (κ2) is 9.21. The lowest BCUT2D eigenvalue weighted by Crippen LogP contribution is -1.86. The van der Waals surface area contributed by atoms with Gasteiger partial charge in [-0.1, -0.05) is 121 Å². The molecule has 0 spiro atoms. The number of para-hydroxylation sites is 1. The van der Waals surface area contributed by atoms with Crippen molar-refractivity contribution in [3.63, 3.8) is 0 Å². The van der Waals surface area contributed by atoms with Crippen LogP contribution in [0.25, 0.3) is 66.4 Å². The molecule has 7 rings (SSSR count). The second-order valence-electron chi connectivity index (χ2n) is 9.86. The molecule has 0 saturated carbocycles. The molecule has 0 aliphatic rings. The maximum absolute atomic E-state index is 6.55. The molecule has 7 aromatic rings. The zero-order valence-corrected chi connectivity index (χ0v) is 21.2. The van der Waals surface area contributed by atoms with Gasteiger partial charge in [0.25, 0.3) is 0 Å². The van der Waals surface area contributed by atoms with Crippen molar-refractivity contribution in [1.82, 2.24) is 0 Å². The highest BCUT2D eigenvalue weighted by atomic mass is 16.3. The summed E-state index contributed by atoms with van der Waals surface area (Å²) in [5.74, 6) is 0. The first-order valence-corrected chi connectivity index (χ1v) is 13.0. The minimum Gasteiger partial charge on any atom is -0.455 e. The van der Waals surface area contributed by atoms with E-state index in [2.05, 4.69) is 140 Å². The van der Waals surface area contributed by atoms with Crippen molar-refractivity contribution in [2.45, 2.75) is 6.92 Å². The molecule has 0 aliphatic carbocycles. The van der Waals surface area contributed by atoms with E-state index in [-0.39, 0.29) is 0 Å². The average molecular weight is 487 g/mol. The van der Waals surface area contributed by atoms with Crippen molar-refractivity contribution < 1.29 is 4.42 Å². The van der Waals surface area contributed by atoms with Crippen LogP contribution >= 0.6 is 0 Å². The molecule has 0 N–H and O–H groups in total. The molecular formula is C37H26O. The fourth-order valence-electron chi connectivity index (χ4n) is 5.48. The van der Waals surface area contributed by atoms with Crippen molar-refractivity contribution in [1.29, 1.82) is 0 Å². The second-order valence-corrected chi connectivity index (χ2v) is 9.86. The van der Waals surface area contributed by atoms with Gasteiger partial charge in [0.15, 0.2) is 0 Å². The third kappa shape index (κ3) is 3.90. The van der Waals surface area contributed by atoms with Crippen molar-refractivity contribution in [3.05, 3.63) is 145 Å². The van der Waals surface area contributed by atoms with Crippen molar-refractivity contribution >= 4 is 21.9 Å². The van der Waals surface area contributed by atoms with Crippen LogP contribution in [0.2, 0.25) is 0 Å². The van der Waals surface area contributed by atoms with E-state index in [4.69, 9.17) is 4.42 Å². The van der Waals surface area contributed by atoms with E-state index in [1.54, 1.807) is 0 Å². The zero-order valence-electron chi connectivity index (χ0n) is 21.2. The fourth-order valence-corrected chi connectivity index (χ4v) is 5.48. The number of furan rings is 1. The number of fused-ring (bicyclic) bond motifs is 3. The minimum absolute atomic E-state index is 0.913. The van der Waals surface area contributed by atoms with Crippen molar-refractivity contribution in [2.75, 3.05) is 0 Å². The third-order valence-corrected chi connectivity index (χ3v) is 7.33. The molecule has 6 aromatic carbocycles. The maximum atomic E-state index is 6.55. The molecule has 0 saturated heterocycles. The first-order valence-electron chi connectivity index (χ1n) is 13.0. The Kier molecular flexibility index (Phi) is 5.41. The smallest absolute Gasteiger partial charge is 0.143 e. The van der Waals surface area contributed by atoms with Gasteiger partial charge in [-0.2, -0.15) is 0 Å². The molecule has 1 nitrogen and oxygen atoms in total. The number of hydrogen-bond donors (Lipinski definition) is 0. The average Bonchev–Trinajstić information content (AvgIpc) is 3.37. The number of hydrogen-bond acceptors (Lipinski definition) is 1. The molecule has 0 bridgehead atoms. The van der Waals surface area contributed by atoms with Gasteiger partial charge in [0.1, 0.15) is 11.2 Å². The zero-order chi connectivity index (χ0) is 25.5. The highest BCUT2D eigenvalue weighted by Crippen LogP contribution is 2.42. The molecular weight excluding hydrogens is 460 g/mol. The van der Waals surface area contributed by atoms with Crippen LogP contribution in [0.15, 0.2) is 144 Å². The highest BCUT2D eigenvalue weighted by Gasteiger charge is 2.17. The molecule has 0 radical (unpaired) electrons. The molecule has 0 fully saturated rings. The van der Waals surface area contributed by atoms with Gasteiger partial charge < -0.3 is 4.42 Å². The van der Waals surface area contributed by atoms with Gasteiger partial charge in [0.2, 0.25) is 0 Å². The minimum atomic E-state index is 0.913. The summed E-state index contributed by atoms with van der Waals surface area (Å²) in [5, 5.41) is 2.31. The van der Waals surface area contributed by atoms with Gasteiger partial charge in [-0.05, 0) is 70.1 Å². The predicted molar refractivity (Wildman–Crippen MR) is 160 cm³/mol. The highest BCUT2D eigenvalue weighted by molar-refractivity contribution is 6.16. The molecule has 0 atom stereocenters. The summed E-state index contributed by atoms with van der Waals surface area (Å²) in [6.07, 6.45) is 0. The quantitative estimate of drug-likeness (QED) is 0.241. The molecule has 1 heterocycles. The SMILES string of the molecule is Cc1cccc(-c2ccc(-c3cccc(-c4cccc(-c5ccccc5)c4)c3)c3oc4ccccc4c23)c1. The summed E-state index contributed by atoms with van der Waals surface area (Å²) in [5.41, 5.74) is 12.6. The summed E-state index contributed by atoms with van der Waals surface area (Å²) >= 11 is 0. The first kappa shape index (κ1) is 22.3.